The van der Waals surface area contributed by atoms with Gasteiger partial charge in [0.25, 0.3) is 0 Å². The highest BCUT2D eigenvalue weighted by molar-refractivity contribution is 5.85. The Kier molecular flexibility index (Phi) is 11.6. The first kappa shape index (κ1) is 27.7. The third-order valence-electron chi connectivity index (χ3n) is 4.54. The van der Waals surface area contributed by atoms with E-state index >= 15 is 0 Å². The fourth-order valence-corrected chi connectivity index (χ4v) is 2.89. The van der Waals surface area contributed by atoms with E-state index in [4.69, 9.17) is 14.2 Å². The second kappa shape index (κ2) is 14.6. The SMILES string of the molecule is CC(C)(C)OC(=O)N[C@H](COCc1ccccc1)C(=O)NCCCNC(=O)OCc1ccccc1. The molecule has 3 amide bonds. The summed E-state index contributed by atoms with van der Waals surface area (Å²) in [5.74, 6) is -0.407. The average Bonchev–Trinajstić information content (AvgIpc) is 2.82. The molecule has 2 aromatic rings. The van der Waals surface area contributed by atoms with Crippen LogP contribution < -0.4 is 16.0 Å². The molecular formula is C26H35N3O6. The van der Waals surface area contributed by atoms with E-state index in [2.05, 4.69) is 16.0 Å². The zero-order chi connectivity index (χ0) is 25.5. The number of nitrogens with one attached hydrogen (secondary N) is 3. The van der Waals surface area contributed by atoms with Crippen molar-refractivity contribution in [1.82, 2.24) is 16.0 Å². The van der Waals surface area contributed by atoms with Crippen LogP contribution in [0, 0.1) is 0 Å². The molecule has 9 heteroatoms. The fraction of sp³-hybridized carbons (Fsp3) is 0.423. The van der Waals surface area contributed by atoms with E-state index in [1.54, 1.807) is 20.8 Å². The summed E-state index contributed by atoms with van der Waals surface area (Å²) < 4.78 is 16.1. The van der Waals surface area contributed by atoms with E-state index < -0.39 is 29.7 Å². The van der Waals surface area contributed by atoms with Crippen LogP contribution in [0.15, 0.2) is 60.7 Å². The molecule has 0 aliphatic heterocycles. The Balaban J connectivity index is 1.73. The molecule has 190 valence electrons. The van der Waals surface area contributed by atoms with Crippen molar-refractivity contribution in [3.63, 3.8) is 0 Å². The lowest BCUT2D eigenvalue weighted by atomic mass is 10.2. The molecule has 0 aliphatic rings. The van der Waals surface area contributed by atoms with Crippen LogP contribution in [0.5, 0.6) is 0 Å². The third-order valence-corrected chi connectivity index (χ3v) is 4.54. The molecule has 0 unspecified atom stereocenters. The minimum Gasteiger partial charge on any atom is -0.445 e. The first-order valence-electron chi connectivity index (χ1n) is 11.6. The molecule has 0 saturated heterocycles. The number of benzene rings is 2. The normalized spacial score (nSPS) is 11.7. The average molecular weight is 486 g/mol. The Morgan fingerprint density at radius 2 is 1.37 bits per heavy atom. The Bertz CT molecular complexity index is 916. The van der Waals surface area contributed by atoms with Gasteiger partial charge in [-0.2, -0.15) is 0 Å². The van der Waals surface area contributed by atoms with Crippen molar-refractivity contribution in [2.45, 2.75) is 52.0 Å². The first-order valence-corrected chi connectivity index (χ1v) is 11.6. The minimum absolute atomic E-state index is 0.0238. The molecular weight excluding hydrogens is 450 g/mol. The van der Waals surface area contributed by atoms with Gasteiger partial charge < -0.3 is 30.2 Å². The fourth-order valence-electron chi connectivity index (χ4n) is 2.89. The highest BCUT2D eigenvalue weighted by Crippen LogP contribution is 2.07. The van der Waals surface area contributed by atoms with Crippen molar-refractivity contribution >= 4 is 18.1 Å². The van der Waals surface area contributed by atoms with Crippen molar-refractivity contribution in [3.05, 3.63) is 71.8 Å². The number of rotatable bonds is 12. The molecule has 0 saturated carbocycles. The molecule has 0 radical (unpaired) electrons. The van der Waals surface area contributed by atoms with Gasteiger partial charge in [0, 0.05) is 13.1 Å². The molecule has 0 aromatic heterocycles. The lowest BCUT2D eigenvalue weighted by Crippen LogP contribution is -2.50. The zero-order valence-electron chi connectivity index (χ0n) is 20.5. The summed E-state index contributed by atoms with van der Waals surface area (Å²) in [6.07, 6.45) is -0.751. The maximum absolute atomic E-state index is 12.7. The van der Waals surface area contributed by atoms with Gasteiger partial charge >= 0.3 is 12.2 Å². The third kappa shape index (κ3) is 12.4. The van der Waals surface area contributed by atoms with E-state index in [1.165, 1.54) is 0 Å². The monoisotopic (exact) mass is 485 g/mol. The zero-order valence-corrected chi connectivity index (χ0v) is 20.5. The summed E-state index contributed by atoms with van der Waals surface area (Å²) in [6.45, 7) is 6.30. The Labute approximate surface area is 206 Å². The number of carbonyl (C=O) groups is 3. The van der Waals surface area contributed by atoms with E-state index in [0.29, 0.717) is 26.1 Å². The minimum atomic E-state index is -0.933. The second-order valence-corrected chi connectivity index (χ2v) is 8.83. The molecule has 0 fully saturated rings. The van der Waals surface area contributed by atoms with Crippen molar-refractivity contribution in [2.24, 2.45) is 0 Å². The Morgan fingerprint density at radius 3 is 1.97 bits per heavy atom. The van der Waals surface area contributed by atoms with Crippen LogP contribution in [0.1, 0.15) is 38.3 Å². The van der Waals surface area contributed by atoms with Gasteiger partial charge in [-0.05, 0) is 38.3 Å². The summed E-state index contributed by atoms with van der Waals surface area (Å²) in [5.41, 5.74) is 1.15. The summed E-state index contributed by atoms with van der Waals surface area (Å²) in [4.78, 5) is 36.7. The van der Waals surface area contributed by atoms with Gasteiger partial charge in [0.15, 0.2) is 0 Å². The number of hydrogen-bond acceptors (Lipinski definition) is 6. The molecule has 3 N–H and O–H groups in total. The highest BCUT2D eigenvalue weighted by atomic mass is 16.6. The number of amides is 3. The van der Waals surface area contributed by atoms with Crippen molar-refractivity contribution in [1.29, 1.82) is 0 Å². The van der Waals surface area contributed by atoms with Gasteiger partial charge in [0.05, 0.1) is 13.2 Å². The maximum Gasteiger partial charge on any atom is 0.408 e. The van der Waals surface area contributed by atoms with Crippen molar-refractivity contribution in [2.75, 3.05) is 19.7 Å². The maximum atomic E-state index is 12.7. The summed E-state index contributed by atoms with van der Waals surface area (Å²) in [7, 11) is 0. The molecule has 2 aromatic carbocycles. The number of alkyl carbamates (subject to hydrolysis) is 2. The van der Waals surface area contributed by atoms with Crippen LogP contribution in [0.2, 0.25) is 0 Å². The van der Waals surface area contributed by atoms with Crippen molar-refractivity contribution < 1.29 is 28.6 Å². The van der Waals surface area contributed by atoms with Crippen LogP contribution in [0.25, 0.3) is 0 Å². The first-order chi connectivity index (χ1) is 16.7. The van der Waals surface area contributed by atoms with Gasteiger partial charge in [0.1, 0.15) is 18.2 Å². The second-order valence-electron chi connectivity index (χ2n) is 8.83. The van der Waals surface area contributed by atoms with E-state index in [1.807, 2.05) is 60.7 Å². The molecule has 35 heavy (non-hydrogen) atoms. The smallest absolute Gasteiger partial charge is 0.408 e. The van der Waals surface area contributed by atoms with Gasteiger partial charge in [-0.3, -0.25) is 4.79 Å². The summed E-state index contributed by atoms with van der Waals surface area (Å²) >= 11 is 0. The quantitative estimate of drug-likeness (QED) is 0.396. The van der Waals surface area contributed by atoms with Gasteiger partial charge in [0.2, 0.25) is 5.91 Å². The van der Waals surface area contributed by atoms with E-state index in [0.717, 1.165) is 11.1 Å². The van der Waals surface area contributed by atoms with Gasteiger partial charge in [-0.15, -0.1) is 0 Å². The van der Waals surface area contributed by atoms with Crippen LogP contribution in [0.3, 0.4) is 0 Å². The molecule has 0 bridgehead atoms. The van der Waals surface area contributed by atoms with Crippen LogP contribution in [0.4, 0.5) is 9.59 Å². The number of carbonyl (C=O) groups excluding carboxylic acids is 3. The van der Waals surface area contributed by atoms with E-state index in [-0.39, 0.29) is 13.2 Å². The Hall–Kier alpha value is -3.59. The van der Waals surface area contributed by atoms with Crippen LogP contribution in [-0.2, 0) is 32.2 Å². The Morgan fingerprint density at radius 1 is 0.800 bits per heavy atom. The molecule has 0 spiro atoms. The largest absolute Gasteiger partial charge is 0.445 e. The van der Waals surface area contributed by atoms with E-state index in [9.17, 15) is 14.4 Å². The van der Waals surface area contributed by atoms with Crippen molar-refractivity contribution in [3.8, 4) is 0 Å². The molecule has 0 aliphatic carbocycles. The summed E-state index contributed by atoms with van der Waals surface area (Å²) in [6, 6.07) is 18.0. The summed E-state index contributed by atoms with van der Waals surface area (Å²) in [5, 5.41) is 7.95. The van der Waals surface area contributed by atoms with Crippen LogP contribution >= 0.6 is 0 Å². The van der Waals surface area contributed by atoms with Gasteiger partial charge in [-0.25, -0.2) is 9.59 Å². The molecule has 9 nitrogen and oxygen atoms in total. The van der Waals surface area contributed by atoms with Crippen LogP contribution in [-0.4, -0.2) is 49.4 Å². The predicted molar refractivity (Wildman–Crippen MR) is 132 cm³/mol. The number of ether oxygens (including phenoxy) is 3. The lowest BCUT2D eigenvalue weighted by Gasteiger charge is -2.23. The highest BCUT2D eigenvalue weighted by Gasteiger charge is 2.24. The van der Waals surface area contributed by atoms with Gasteiger partial charge in [-0.1, -0.05) is 60.7 Å². The molecule has 1 atom stereocenters. The number of hydrogen-bond donors (Lipinski definition) is 3. The topological polar surface area (TPSA) is 115 Å². The standard InChI is InChI=1S/C26H35N3O6/c1-26(2,3)35-25(32)29-22(19-33-17-20-11-6-4-7-12-20)23(30)27-15-10-16-28-24(31)34-18-21-13-8-5-9-14-21/h4-9,11-14,22H,10,15-19H2,1-3H3,(H,27,30)(H,28,31)(H,29,32)/t22-/m1/s1. The molecule has 0 heterocycles. The molecule has 2 rings (SSSR count). The lowest BCUT2D eigenvalue weighted by molar-refractivity contribution is -0.124. The predicted octanol–water partition coefficient (Wildman–Crippen LogP) is 3.53.